The number of hydrogen-bond acceptors (Lipinski definition) is 6. The largest absolute Gasteiger partial charge is 0.530 e. The molecule has 6 aromatic rings. The van der Waals surface area contributed by atoms with Gasteiger partial charge in [0.05, 0.1) is 0 Å². The third kappa shape index (κ3) is 9.28. The van der Waals surface area contributed by atoms with Gasteiger partial charge in [-0.1, -0.05) is 194 Å². The van der Waals surface area contributed by atoms with E-state index in [1.807, 2.05) is 24.3 Å². The molecule has 0 aromatic heterocycles. The van der Waals surface area contributed by atoms with Crippen LogP contribution in [0.1, 0.15) is 116 Å². The van der Waals surface area contributed by atoms with Crippen molar-refractivity contribution in [2.45, 2.75) is 145 Å². The van der Waals surface area contributed by atoms with Crippen molar-refractivity contribution in [2.75, 3.05) is 0 Å². The standard InChI is InChI=1S/C58H72O6P2Si2/c1-37-39(55(3,4)5)35-41(57(9,10)11)53(63-65-59-43-27-19-23-31-47(43)67(15,16)48-32-24-20-28-44(48)60-65)51(37)52-38(2)40(56(6,7)8)36-42(58(12,13)14)54(52)64-66-61-45-29-21-25-33-49(45)68(17,18)50-34-26-22-30-46(50)62-66/h19-36H,1-18H3. The van der Waals surface area contributed by atoms with Crippen LogP contribution in [0.5, 0.6) is 34.5 Å². The molecule has 0 radical (unpaired) electrons. The summed E-state index contributed by atoms with van der Waals surface area (Å²) >= 11 is 0. The Morgan fingerprint density at radius 3 is 0.838 bits per heavy atom. The minimum Gasteiger partial charge on any atom is -0.409 e. The maximum atomic E-state index is 7.60. The lowest BCUT2D eigenvalue weighted by molar-refractivity contribution is 0.380. The first-order valence-corrected chi connectivity index (χ1v) is 32.2. The molecule has 8 rings (SSSR count). The van der Waals surface area contributed by atoms with Gasteiger partial charge in [-0.05, 0) is 103 Å². The van der Waals surface area contributed by atoms with Crippen LogP contribution < -0.4 is 47.9 Å². The Hall–Kier alpha value is -4.59. The molecule has 0 aliphatic carbocycles. The normalized spacial score (nSPS) is 16.1. The molecular weight excluding hydrogens is 911 g/mol. The Morgan fingerprint density at radius 2 is 0.603 bits per heavy atom. The summed E-state index contributed by atoms with van der Waals surface area (Å²) in [6, 6.07) is 38.5. The van der Waals surface area contributed by atoms with Crippen molar-refractivity contribution in [3.8, 4) is 45.6 Å². The Bertz CT molecular complexity index is 2600. The van der Waals surface area contributed by atoms with Crippen molar-refractivity contribution in [3.63, 3.8) is 0 Å². The van der Waals surface area contributed by atoms with Crippen molar-refractivity contribution < 1.29 is 27.1 Å². The van der Waals surface area contributed by atoms with Crippen LogP contribution in [-0.2, 0) is 21.7 Å². The van der Waals surface area contributed by atoms with E-state index in [0.29, 0.717) is 0 Å². The van der Waals surface area contributed by atoms with Crippen molar-refractivity contribution in [2.24, 2.45) is 0 Å². The number of fused-ring (bicyclic) bond motifs is 4. The Kier molecular flexibility index (Phi) is 12.9. The smallest absolute Gasteiger partial charge is 0.409 e. The fraction of sp³-hybridized carbons (Fsp3) is 0.379. The van der Waals surface area contributed by atoms with E-state index in [1.54, 1.807) is 0 Å². The van der Waals surface area contributed by atoms with Gasteiger partial charge >= 0.3 is 17.2 Å². The SMILES string of the molecule is Cc1c(C(C)(C)C)cc(C(C)(C)C)c(OP2Oc3ccccc3[Si](C)(C)c3ccccc3O2)c1-c1c(C)c(C(C)(C)C)cc(C(C)(C)C)c1OP1Oc2ccccc2[Si](C)(C)c2ccccc2O1. The molecule has 2 aliphatic heterocycles. The molecule has 10 heteroatoms. The highest BCUT2D eigenvalue weighted by molar-refractivity contribution is 7.43. The summed E-state index contributed by atoms with van der Waals surface area (Å²) < 4.78 is 43.5. The van der Waals surface area contributed by atoms with Gasteiger partial charge in [0.15, 0.2) is 0 Å². The predicted octanol–water partition coefficient (Wildman–Crippen LogP) is 15.0. The van der Waals surface area contributed by atoms with Gasteiger partial charge in [0.1, 0.15) is 50.6 Å². The monoisotopic (exact) mass is 982 g/mol. The summed E-state index contributed by atoms with van der Waals surface area (Å²) in [5.74, 6) is 4.62. The van der Waals surface area contributed by atoms with Gasteiger partial charge in [-0.25, -0.2) is 0 Å². The van der Waals surface area contributed by atoms with Crippen LogP contribution in [0.4, 0.5) is 0 Å². The molecule has 68 heavy (non-hydrogen) atoms. The number of para-hydroxylation sites is 4. The topological polar surface area (TPSA) is 55.4 Å². The molecular formula is C58H72O6P2Si2. The minimum atomic E-state index is -2.25. The molecule has 0 fully saturated rings. The third-order valence-electron chi connectivity index (χ3n) is 13.8. The minimum absolute atomic E-state index is 0.229. The summed E-state index contributed by atoms with van der Waals surface area (Å²) in [5.41, 5.74) is 7.48. The van der Waals surface area contributed by atoms with Gasteiger partial charge in [0.2, 0.25) is 0 Å². The van der Waals surface area contributed by atoms with Crippen LogP contribution in [-0.4, -0.2) is 16.1 Å². The molecule has 0 saturated carbocycles. The van der Waals surface area contributed by atoms with E-state index in [4.69, 9.17) is 27.1 Å². The van der Waals surface area contributed by atoms with Gasteiger partial charge in [0, 0.05) is 22.3 Å². The van der Waals surface area contributed by atoms with Crippen LogP contribution >= 0.6 is 17.2 Å². The molecule has 358 valence electrons. The number of rotatable bonds is 5. The quantitative estimate of drug-likeness (QED) is 0.127. The van der Waals surface area contributed by atoms with E-state index in [-0.39, 0.29) is 21.7 Å². The lowest BCUT2D eigenvalue weighted by Crippen LogP contribution is -2.54. The predicted molar refractivity (Wildman–Crippen MR) is 293 cm³/mol. The maximum Gasteiger partial charge on any atom is 0.530 e. The van der Waals surface area contributed by atoms with Gasteiger partial charge in [-0.2, -0.15) is 0 Å². The molecule has 0 unspecified atom stereocenters. The highest BCUT2D eigenvalue weighted by Crippen LogP contribution is 2.58. The van der Waals surface area contributed by atoms with Gasteiger partial charge in [0.25, 0.3) is 0 Å². The van der Waals surface area contributed by atoms with Crippen LogP contribution in [0.25, 0.3) is 11.1 Å². The van der Waals surface area contributed by atoms with Crippen LogP contribution in [0, 0.1) is 13.8 Å². The van der Waals surface area contributed by atoms with E-state index in [1.165, 1.54) is 31.9 Å². The molecule has 2 aliphatic rings. The molecule has 0 amide bonds. The van der Waals surface area contributed by atoms with E-state index in [2.05, 4.69) is 208 Å². The zero-order valence-electron chi connectivity index (χ0n) is 43.7. The summed E-state index contributed by atoms with van der Waals surface area (Å²) in [7, 11) is -8.62. The molecule has 2 heterocycles. The Labute approximate surface area is 412 Å². The second-order valence-corrected chi connectivity index (χ2v) is 34.5. The average molecular weight is 983 g/mol. The van der Waals surface area contributed by atoms with Crippen molar-refractivity contribution in [3.05, 3.63) is 143 Å². The number of benzene rings is 6. The highest BCUT2D eigenvalue weighted by atomic mass is 31.2. The van der Waals surface area contributed by atoms with E-state index in [0.717, 1.165) is 67.9 Å². The summed E-state index contributed by atoms with van der Waals surface area (Å²) in [4.78, 5) is 0. The van der Waals surface area contributed by atoms with Crippen LogP contribution in [0.3, 0.4) is 0 Å². The molecule has 0 N–H and O–H groups in total. The zero-order valence-corrected chi connectivity index (χ0v) is 47.5. The molecule has 0 saturated heterocycles. The van der Waals surface area contributed by atoms with Gasteiger partial charge in [-0.3, -0.25) is 0 Å². The summed E-state index contributed by atoms with van der Waals surface area (Å²) in [6.45, 7) is 41.3. The first kappa shape index (κ1) is 49.8. The Morgan fingerprint density at radius 1 is 0.368 bits per heavy atom. The fourth-order valence-electron chi connectivity index (χ4n) is 10.1. The lowest BCUT2D eigenvalue weighted by atomic mass is 9.72. The van der Waals surface area contributed by atoms with Crippen molar-refractivity contribution in [1.29, 1.82) is 0 Å². The molecule has 0 bridgehead atoms. The zero-order chi connectivity index (χ0) is 49.5. The molecule has 0 spiro atoms. The lowest BCUT2D eigenvalue weighted by Gasteiger charge is -2.37. The van der Waals surface area contributed by atoms with E-state index >= 15 is 0 Å². The summed E-state index contributed by atoms with van der Waals surface area (Å²) in [6.07, 6.45) is 0. The van der Waals surface area contributed by atoms with Crippen LogP contribution in [0.2, 0.25) is 26.2 Å². The van der Waals surface area contributed by atoms with E-state index < -0.39 is 33.4 Å². The molecule has 6 aromatic carbocycles. The summed E-state index contributed by atoms with van der Waals surface area (Å²) in [5, 5.41) is 4.82. The molecule has 6 nitrogen and oxygen atoms in total. The number of hydrogen-bond donors (Lipinski definition) is 0. The second kappa shape index (κ2) is 17.7. The Balaban J connectivity index is 1.45. The average Bonchev–Trinajstić information content (AvgIpc) is 3.22. The van der Waals surface area contributed by atoms with Crippen LogP contribution in [0.15, 0.2) is 109 Å². The maximum absolute atomic E-state index is 7.60. The second-order valence-electron chi connectivity index (χ2n) is 23.8. The highest BCUT2D eigenvalue weighted by Gasteiger charge is 2.43. The third-order valence-corrected chi connectivity index (χ3v) is 22.9. The van der Waals surface area contributed by atoms with E-state index in [9.17, 15) is 0 Å². The molecule has 0 atom stereocenters. The van der Waals surface area contributed by atoms with Crippen molar-refractivity contribution in [1.82, 2.24) is 0 Å². The van der Waals surface area contributed by atoms with Gasteiger partial charge < -0.3 is 27.1 Å². The first-order valence-electron chi connectivity index (χ1n) is 24.0. The van der Waals surface area contributed by atoms with Gasteiger partial charge in [-0.15, -0.1) is 0 Å². The first-order chi connectivity index (χ1) is 31.6. The fourth-order valence-corrected chi connectivity index (χ4v) is 18.3. The van der Waals surface area contributed by atoms with Crippen molar-refractivity contribution >= 4 is 54.1 Å².